The minimum atomic E-state index is -0.722. The predicted octanol–water partition coefficient (Wildman–Crippen LogP) is 3.56. The first kappa shape index (κ1) is 22.5. The fourth-order valence-corrected chi connectivity index (χ4v) is 4.00. The standard InChI is InChI=1S/C24H30N2O5/c1-15(2)21(23(27)31-5)25-24(28)26-12-11-17-13-19(29-3)20(30-4)14-18(17)22(26)16-9-7-6-8-10-16/h6-10,13-15,21-22H,11-12H2,1-5H3,(H,25,28). The van der Waals surface area contributed by atoms with Gasteiger partial charge in [0.25, 0.3) is 0 Å². The van der Waals surface area contributed by atoms with E-state index in [-0.39, 0.29) is 18.0 Å². The molecule has 0 bridgehead atoms. The summed E-state index contributed by atoms with van der Waals surface area (Å²) in [6.07, 6.45) is 0.664. The van der Waals surface area contributed by atoms with E-state index >= 15 is 0 Å². The number of hydrogen-bond acceptors (Lipinski definition) is 5. The highest BCUT2D eigenvalue weighted by Gasteiger charge is 2.35. The number of hydrogen-bond donors (Lipinski definition) is 1. The lowest BCUT2D eigenvalue weighted by atomic mass is 9.88. The van der Waals surface area contributed by atoms with Crippen molar-refractivity contribution in [2.45, 2.75) is 32.4 Å². The van der Waals surface area contributed by atoms with Crippen molar-refractivity contribution < 1.29 is 23.8 Å². The van der Waals surface area contributed by atoms with E-state index in [2.05, 4.69) is 5.32 Å². The topological polar surface area (TPSA) is 77.1 Å². The van der Waals surface area contributed by atoms with E-state index in [9.17, 15) is 9.59 Å². The second-order valence-electron chi connectivity index (χ2n) is 7.86. The molecule has 1 aliphatic heterocycles. The molecule has 0 fully saturated rings. The molecule has 0 saturated carbocycles. The maximum atomic E-state index is 13.4. The lowest BCUT2D eigenvalue weighted by Gasteiger charge is -2.39. The largest absolute Gasteiger partial charge is 0.493 e. The number of fused-ring (bicyclic) bond motifs is 1. The molecule has 2 amide bonds. The van der Waals surface area contributed by atoms with Crippen molar-refractivity contribution in [1.82, 2.24) is 10.2 Å². The summed E-state index contributed by atoms with van der Waals surface area (Å²) >= 11 is 0. The Morgan fingerprint density at radius 3 is 2.26 bits per heavy atom. The van der Waals surface area contributed by atoms with E-state index in [0.29, 0.717) is 24.5 Å². The first-order valence-corrected chi connectivity index (χ1v) is 10.4. The number of urea groups is 1. The van der Waals surface area contributed by atoms with E-state index in [1.165, 1.54) is 7.11 Å². The van der Waals surface area contributed by atoms with Crippen molar-refractivity contribution in [3.8, 4) is 11.5 Å². The molecule has 0 aliphatic carbocycles. The molecular formula is C24H30N2O5. The zero-order valence-corrected chi connectivity index (χ0v) is 18.7. The lowest BCUT2D eigenvalue weighted by molar-refractivity contribution is -0.144. The average Bonchev–Trinajstić information content (AvgIpc) is 2.80. The Kier molecular flexibility index (Phi) is 7.05. The molecule has 7 nitrogen and oxygen atoms in total. The third kappa shape index (κ3) is 4.60. The van der Waals surface area contributed by atoms with Crippen molar-refractivity contribution in [3.63, 3.8) is 0 Å². The van der Waals surface area contributed by atoms with Crippen LogP contribution in [-0.4, -0.2) is 50.8 Å². The van der Waals surface area contributed by atoms with Crippen LogP contribution in [0.1, 0.15) is 36.6 Å². The van der Waals surface area contributed by atoms with Crippen molar-refractivity contribution in [2.24, 2.45) is 5.92 Å². The first-order valence-electron chi connectivity index (χ1n) is 10.4. The van der Waals surface area contributed by atoms with Crippen LogP contribution in [0.3, 0.4) is 0 Å². The van der Waals surface area contributed by atoms with Crippen molar-refractivity contribution in [2.75, 3.05) is 27.9 Å². The highest BCUT2D eigenvalue weighted by Crippen LogP contribution is 2.41. The third-order valence-electron chi connectivity index (χ3n) is 5.65. The summed E-state index contributed by atoms with van der Waals surface area (Å²) in [5.41, 5.74) is 3.05. The maximum absolute atomic E-state index is 13.4. The summed E-state index contributed by atoms with van der Waals surface area (Å²) in [7, 11) is 4.53. The zero-order valence-electron chi connectivity index (χ0n) is 18.7. The summed E-state index contributed by atoms with van der Waals surface area (Å²) < 4.78 is 15.9. The van der Waals surface area contributed by atoms with Gasteiger partial charge in [0.05, 0.1) is 27.4 Å². The van der Waals surface area contributed by atoms with Crippen LogP contribution in [0.2, 0.25) is 0 Å². The molecule has 7 heteroatoms. The van der Waals surface area contributed by atoms with Crippen LogP contribution in [0.4, 0.5) is 4.79 Å². The summed E-state index contributed by atoms with van der Waals surface area (Å²) in [5, 5.41) is 2.88. The van der Waals surface area contributed by atoms with Gasteiger partial charge in [-0.1, -0.05) is 44.2 Å². The molecule has 2 aromatic rings. The van der Waals surface area contributed by atoms with Gasteiger partial charge in [0, 0.05) is 6.54 Å². The van der Waals surface area contributed by atoms with Crippen LogP contribution in [-0.2, 0) is 16.0 Å². The van der Waals surface area contributed by atoms with Gasteiger partial charge < -0.3 is 24.4 Å². The predicted molar refractivity (Wildman–Crippen MR) is 117 cm³/mol. The van der Waals surface area contributed by atoms with Crippen LogP contribution < -0.4 is 14.8 Å². The van der Waals surface area contributed by atoms with Crippen LogP contribution in [0.15, 0.2) is 42.5 Å². The van der Waals surface area contributed by atoms with Gasteiger partial charge in [-0.3, -0.25) is 0 Å². The van der Waals surface area contributed by atoms with E-state index in [4.69, 9.17) is 14.2 Å². The monoisotopic (exact) mass is 426 g/mol. The minimum absolute atomic E-state index is 0.104. The smallest absolute Gasteiger partial charge is 0.328 e. The Balaban J connectivity index is 2.03. The Labute approximate surface area is 183 Å². The Bertz CT molecular complexity index is 929. The molecule has 1 N–H and O–H groups in total. The zero-order chi connectivity index (χ0) is 22.5. The van der Waals surface area contributed by atoms with Gasteiger partial charge >= 0.3 is 12.0 Å². The van der Waals surface area contributed by atoms with E-state index in [0.717, 1.165) is 16.7 Å². The fourth-order valence-electron chi connectivity index (χ4n) is 4.00. The number of rotatable bonds is 6. The molecule has 0 saturated heterocycles. The highest BCUT2D eigenvalue weighted by atomic mass is 16.5. The van der Waals surface area contributed by atoms with E-state index < -0.39 is 12.0 Å². The molecule has 1 heterocycles. The van der Waals surface area contributed by atoms with E-state index in [1.54, 1.807) is 19.1 Å². The van der Waals surface area contributed by atoms with Crippen molar-refractivity contribution in [1.29, 1.82) is 0 Å². The lowest BCUT2D eigenvalue weighted by Crippen LogP contribution is -2.53. The highest BCUT2D eigenvalue weighted by molar-refractivity contribution is 5.84. The van der Waals surface area contributed by atoms with Crippen LogP contribution >= 0.6 is 0 Å². The van der Waals surface area contributed by atoms with Gasteiger partial charge in [-0.15, -0.1) is 0 Å². The number of carbonyl (C=O) groups excluding carboxylic acids is 2. The Morgan fingerprint density at radius 2 is 1.68 bits per heavy atom. The minimum Gasteiger partial charge on any atom is -0.493 e. The molecule has 0 aromatic heterocycles. The number of amides is 2. The van der Waals surface area contributed by atoms with Crippen LogP contribution in [0.5, 0.6) is 11.5 Å². The van der Waals surface area contributed by atoms with Gasteiger partial charge in [-0.25, -0.2) is 9.59 Å². The summed E-state index contributed by atoms with van der Waals surface area (Å²) in [6, 6.07) is 12.4. The Morgan fingerprint density at radius 1 is 1.03 bits per heavy atom. The summed E-state index contributed by atoms with van der Waals surface area (Å²) in [5.74, 6) is 0.715. The fraction of sp³-hybridized carbons (Fsp3) is 0.417. The van der Waals surface area contributed by atoms with Gasteiger partial charge in [0.15, 0.2) is 11.5 Å². The van der Waals surface area contributed by atoms with Crippen LogP contribution in [0.25, 0.3) is 0 Å². The molecule has 0 radical (unpaired) electrons. The number of benzene rings is 2. The third-order valence-corrected chi connectivity index (χ3v) is 5.65. The summed E-state index contributed by atoms with van der Waals surface area (Å²) in [4.78, 5) is 27.3. The molecule has 166 valence electrons. The molecule has 2 atom stereocenters. The second kappa shape index (κ2) is 9.73. The summed E-state index contributed by atoms with van der Waals surface area (Å²) in [6.45, 7) is 4.25. The van der Waals surface area contributed by atoms with Crippen molar-refractivity contribution >= 4 is 12.0 Å². The number of carbonyl (C=O) groups is 2. The first-order chi connectivity index (χ1) is 14.9. The molecule has 2 unspecified atom stereocenters. The number of methoxy groups -OCH3 is 3. The van der Waals surface area contributed by atoms with Gasteiger partial charge in [0.2, 0.25) is 0 Å². The normalized spacial score (nSPS) is 16.3. The molecular weight excluding hydrogens is 396 g/mol. The molecule has 3 rings (SSSR count). The van der Waals surface area contributed by atoms with E-state index in [1.807, 2.05) is 56.3 Å². The quantitative estimate of drug-likeness (QED) is 0.715. The van der Waals surface area contributed by atoms with Gasteiger partial charge in [-0.05, 0) is 41.2 Å². The average molecular weight is 427 g/mol. The SMILES string of the molecule is COC(=O)C(NC(=O)N1CCc2cc(OC)c(OC)cc2C1c1ccccc1)C(C)C. The number of esters is 1. The molecule has 0 spiro atoms. The molecule has 31 heavy (non-hydrogen) atoms. The second-order valence-corrected chi connectivity index (χ2v) is 7.86. The number of nitrogens with zero attached hydrogens (tertiary/aromatic N) is 1. The van der Waals surface area contributed by atoms with Crippen LogP contribution in [0, 0.1) is 5.92 Å². The van der Waals surface area contributed by atoms with Gasteiger partial charge in [0.1, 0.15) is 6.04 Å². The molecule has 2 aromatic carbocycles. The Hall–Kier alpha value is -3.22. The number of ether oxygens (including phenoxy) is 3. The van der Waals surface area contributed by atoms with Gasteiger partial charge in [-0.2, -0.15) is 0 Å². The maximum Gasteiger partial charge on any atom is 0.328 e. The number of nitrogens with one attached hydrogen (secondary N) is 1. The van der Waals surface area contributed by atoms with Crippen molar-refractivity contribution in [3.05, 3.63) is 59.2 Å². The molecule has 1 aliphatic rings.